The molecule has 0 aromatic carbocycles. The first-order valence-corrected chi connectivity index (χ1v) is 17.8. The number of ketones is 2. The van der Waals surface area contributed by atoms with Gasteiger partial charge in [-0.3, -0.25) is 9.59 Å². The Balaban J connectivity index is 1.43. The molecule has 0 aromatic rings. The molecule has 47 heavy (non-hydrogen) atoms. The molecule has 1 aliphatic heterocycles. The standard InChI is InChI=1S/C39H55N3O5/c1-33(2,3)47-32(46)41-19-13-29(44)42(41)23-39-17-15-34(4,5)21-24(39)30-26(43)20-28-36(8)22-25(40-11)31(45)35(6,7)27(36)12-14-37(28,9)38(30,10)16-18-39/h20,22,24,27,30H,12-19,21,23H2,1-10H3/t24-,27-,30-,36-,37+,38+,39+/m0/s1. The van der Waals surface area contributed by atoms with Crippen molar-refractivity contribution in [2.75, 3.05) is 13.1 Å². The van der Waals surface area contributed by atoms with Crippen LogP contribution in [0, 0.1) is 56.8 Å². The molecule has 1 saturated heterocycles. The number of allylic oxidation sites excluding steroid dienone is 4. The van der Waals surface area contributed by atoms with Gasteiger partial charge in [0.05, 0.1) is 13.1 Å². The smallest absolute Gasteiger partial charge is 0.429 e. The van der Waals surface area contributed by atoms with Crippen LogP contribution in [0.4, 0.5) is 4.79 Å². The van der Waals surface area contributed by atoms with Crippen molar-refractivity contribution >= 4 is 23.6 Å². The fraction of sp³-hybridized carbons (Fsp3) is 0.769. The van der Waals surface area contributed by atoms with Gasteiger partial charge in [-0.1, -0.05) is 60.1 Å². The lowest BCUT2D eigenvalue weighted by atomic mass is 9.34. The second kappa shape index (κ2) is 10.3. The van der Waals surface area contributed by atoms with Crippen LogP contribution in [0.1, 0.15) is 121 Å². The topological polar surface area (TPSA) is 88.3 Å². The molecule has 0 aromatic heterocycles. The molecule has 0 bridgehead atoms. The van der Waals surface area contributed by atoms with Gasteiger partial charge in [0, 0.05) is 29.7 Å². The first kappa shape index (κ1) is 33.9. The number of hydrogen-bond donors (Lipinski definition) is 0. The number of ether oxygens (including phenoxy) is 1. The molecular formula is C39H55N3O5. The molecule has 5 aliphatic carbocycles. The summed E-state index contributed by atoms with van der Waals surface area (Å²) in [7, 11) is 0. The largest absolute Gasteiger partial charge is 0.442 e. The van der Waals surface area contributed by atoms with Gasteiger partial charge in [-0.25, -0.2) is 19.7 Å². The molecule has 8 heteroatoms. The maximum Gasteiger partial charge on any atom is 0.429 e. The molecule has 0 radical (unpaired) electrons. The van der Waals surface area contributed by atoms with Crippen molar-refractivity contribution in [3.63, 3.8) is 0 Å². The summed E-state index contributed by atoms with van der Waals surface area (Å²) in [6.45, 7) is 29.5. The van der Waals surface area contributed by atoms with E-state index in [1.807, 2.05) is 46.8 Å². The fourth-order valence-corrected chi connectivity index (χ4v) is 11.5. The van der Waals surface area contributed by atoms with Crippen molar-refractivity contribution in [3.05, 3.63) is 34.8 Å². The number of rotatable bonds is 2. The van der Waals surface area contributed by atoms with E-state index in [9.17, 15) is 19.2 Å². The van der Waals surface area contributed by atoms with Crippen LogP contribution in [0.2, 0.25) is 0 Å². The molecular weight excluding hydrogens is 590 g/mol. The van der Waals surface area contributed by atoms with Crippen molar-refractivity contribution in [1.29, 1.82) is 0 Å². The number of amides is 2. The lowest BCUT2D eigenvalue weighted by molar-refractivity contribution is -0.182. The van der Waals surface area contributed by atoms with E-state index in [1.54, 1.807) is 5.01 Å². The number of nitrogens with zero attached hydrogens (tertiary/aromatic N) is 3. The first-order valence-electron chi connectivity index (χ1n) is 17.8. The van der Waals surface area contributed by atoms with Crippen LogP contribution in [0.3, 0.4) is 0 Å². The summed E-state index contributed by atoms with van der Waals surface area (Å²) in [5.74, 6) is -0.164. The summed E-state index contributed by atoms with van der Waals surface area (Å²) in [6, 6.07) is 0. The van der Waals surface area contributed by atoms with Gasteiger partial charge in [0.15, 0.2) is 11.6 Å². The third-order valence-corrected chi connectivity index (χ3v) is 14.2. The van der Waals surface area contributed by atoms with E-state index in [0.29, 0.717) is 13.1 Å². The normalized spacial score (nSPS) is 40.7. The Labute approximate surface area is 281 Å². The Bertz CT molecular complexity index is 1540. The van der Waals surface area contributed by atoms with Crippen LogP contribution in [-0.4, -0.2) is 52.3 Å². The number of carbonyl (C=O) groups is 4. The summed E-state index contributed by atoms with van der Waals surface area (Å²) in [5, 5.41) is 3.16. The highest BCUT2D eigenvalue weighted by atomic mass is 16.6. The molecule has 6 aliphatic rings. The summed E-state index contributed by atoms with van der Waals surface area (Å²) >= 11 is 0. The summed E-state index contributed by atoms with van der Waals surface area (Å²) < 4.78 is 5.72. The van der Waals surface area contributed by atoms with Crippen LogP contribution >= 0.6 is 0 Å². The van der Waals surface area contributed by atoms with Crippen LogP contribution in [0.15, 0.2) is 23.4 Å². The van der Waals surface area contributed by atoms with Gasteiger partial charge >= 0.3 is 6.09 Å². The van der Waals surface area contributed by atoms with Gasteiger partial charge in [-0.05, 0) is 105 Å². The van der Waals surface area contributed by atoms with Crippen molar-refractivity contribution in [3.8, 4) is 0 Å². The monoisotopic (exact) mass is 645 g/mol. The minimum Gasteiger partial charge on any atom is -0.442 e. The van der Waals surface area contributed by atoms with E-state index >= 15 is 0 Å². The van der Waals surface area contributed by atoms with Crippen LogP contribution in [0.5, 0.6) is 0 Å². The highest BCUT2D eigenvalue weighted by Crippen LogP contribution is 2.74. The molecule has 6 rings (SSSR count). The van der Waals surface area contributed by atoms with Crippen LogP contribution in [0.25, 0.3) is 4.85 Å². The van der Waals surface area contributed by atoms with Crippen LogP contribution < -0.4 is 0 Å². The molecule has 0 N–H and O–H groups in total. The Morgan fingerprint density at radius 1 is 1.00 bits per heavy atom. The van der Waals surface area contributed by atoms with Crippen molar-refractivity contribution < 1.29 is 23.9 Å². The molecule has 4 fully saturated rings. The highest BCUT2D eigenvalue weighted by molar-refractivity contribution is 6.03. The second-order valence-electron chi connectivity index (χ2n) is 18.9. The molecule has 256 valence electrons. The molecule has 2 amide bonds. The lowest BCUT2D eigenvalue weighted by Gasteiger charge is -2.69. The van der Waals surface area contributed by atoms with E-state index in [1.165, 1.54) is 5.01 Å². The van der Waals surface area contributed by atoms with Gasteiger partial charge < -0.3 is 9.53 Å². The second-order valence-corrected chi connectivity index (χ2v) is 18.9. The first-order chi connectivity index (χ1) is 21.6. The van der Waals surface area contributed by atoms with E-state index in [-0.39, 0.29) is 69.0 Å². The van der Waals surface area contributed by atoms with E-state index < -0.39 is 22.5 Å². The maximum absolute atomic E-state index is 14.9. The number of hydrazine groups is 1. The predicted molar refractivity (Wildman–Crippen MR) is 179 cm³/mol. The Morgan fingerprint density at radius 2 is 1.66 bits per heavy atom. The molecule has 1 heterocycles. The van der Waals surface area contributed by atoms with Gasteiger partial charge in [0.25, 0.3) is 0 Å². The highest BCUT2D eigenvalue weighted by Gasteiger charge is 2.70. The van der Waals surface area contributed by atoms with Gasteiger partial charge in [0.2, 0.25) is 11.6 Å². The Kier molecular flexibility index (Phi) is 7.42. The third-order valence-electron chi connectivity index (χ3n) is 14.2. The summed E-state index contributed by atoms with van der Waals surface area (Å²) in [5.41, 5.74) is -1.52. The summed E-state index contributed by atoms with van der Waals surface area (Å²) in [4.78, 5) is 58.7. The van der Waals surface area contributed by atoms with E-state index in [0.717, 1.165) is 50.5 Å². The van der Waals surface area contributed by atoms with E-state index in [2.05, 4.69) is 39.5 Å². The minimum atomic E-state index is -0.691. The van der Waals surface area contributed by atoms with Gasteiger partial charge in [-0.2, -0.15) is 0 Å². The third kappa shape index (κ3) is 4.79. The molecule has 7 atom stereocenters. The number of carbonyl (C=O) groups excluding carboxylic acids is 4. The lowest BCUT2D eigenvalue weighted by Crippen LogP contribution is -2.66. The molecule has 8 nitrogen and oxygen atoms in total. The molecule has 0 unspecified atom stereocenters. The predicted octanol–water partition coefficient (Wildman–Crippen LogP) is 7.94. The van der Waals surface area contributed by atoms with Gasteiger partial charge in [-0.15, -0.1) is 0 Å². The van der Waals surface area contributed by atoms with Crippen molar-refractivity contribution in [2.45, 2.75) is 126 Å². The van der Waals surface area contributed by atoms with E-state index in [4.69, 9.17) is 11.3 Å². The maximum atomic E-state index is 14.9. The number of Topliss-reactive ketones (excluding diaryl/α,β-unsaturated/α-hetero) is 1. The molecule has 3 saturated carbocycles. The zero-order chi connectivity index (χ0) is 34.8. The van der Waals surface area contributed by atoms with Crippen molar-refractivity contribution in [1.82, 2.24) is 10.0 Å². The average molecular weight is 646 g/mol. The zero-order valence-corrected chi connectivity index (χ0v) is 30.3. The minimum absolute atomic E-state index is 0.0107. The SMILES string of the molecule is [C-]#[N+]C1=C[C@]2(C)C3=CC(=O)[C@@H]4[C@@H]5CC(C)(C)CC[C@]5(CN5C(=O)CCN5C(=O)OC(C)(C)C)CC[C@@]4(C)[C@]3(C)CC[C@H]2C(C)(C)C1=O. The Hall–Kier alpha value is -2.95. The van der Waals surface area contributed by atoms with Gasteiger partial charge in [0.1, 0.15) is 5.60 Å². The fourth-order valence-electron chi connectivity index (χ4n) is 11.5. The number of fused-ring (bicyclic) bond motifs is 7. The summed E-state index contributed by atoms with van der Waals surface area (Å²) in [6.07, 6.45) is 9.86. The number of hydrogen-bond acceptors (Lipinski definition) is 5. The zero-order valence-electron chi connectivity index (χ0n) is 30.3. The molecule has 0 spiro atoms. The van der Waals surface area contributed by atoms with Crippen LogP contribution in [-0.2, 0) is 19.1 Å². The average Bonchev–Trinajstić information content (AvgIpc) is 3.31. The Morgan fingerprint density at radius 3 is 2.30 bits per heavy atom. The quantitative estimate of drug-likeness (QED) is 0.285. The van der Waals surface area contributed by atoms with Crippen molar-refractivity contribution in [2.24, 2.45) is 50.2 Å².